The Hall–Kier alpha value is -4.22. The maximum Gasteiger partial charge on any atom is 0.269 e. The number of rotatable bonds is 5. The smallest absolute Gasteiger partial charge is 0.269 e. The first-order valence-electron chi connectivity index (χ1n) is 9.99. The first-order valence-corrected chi connectivity index (χ1v) is 11.5. The first kappa shape index (κ1) is 22.0. The van der Waals surface area contributed by atoms with Crippen molar-refractivity contribution in [3.8, 4) is 17.7 Å². The average Bonchev–Trinajstić information content (AvgIpc) is 2.80. The molecule has 0 aliphatic rings. The Balaban J connectivity index is 1.95. The van der Waals surface area contributed by atoms with E-state index in [9.17, 15) is 18.5 Å². The largest absolute Gasteiger partial charge is 0.438 e. The number of ether oxygens (including phenoxy) is 1. The number of aryl methyl sites for hydroxylation is 2. The SMILES string of the molecule is Cc1ccc(S(=O)(=O)C(C#N)=Cc2c(Oc3ccccc3C)nc3ccccn3c2=O)cc1. The highest BCUT2D eigenvalue weighted by molar-refractivity contribution is 7.95. The highest BCUT2D eigenvalue weighted by Gasteiger charge is 2.23. The van der Waals surface area contributed by atoms with Gasteiger partial charge in [0.25, 0.3) is 5.56 Å². The topological polar surface area (TPSA) is 102 Å². The third kappa shape index (κ3) is 4.27. The molecule has 0 saturated carbocycles. The zero-order valence-corrected chi connectivity index (χ0v) is 18.7. The number of pyridine rings is 1. The quantitative estimate of drug-likeness (QED) is 0.411. The van der Waals surface area contributed by atoms with E-state index < -0.39 is 20.3 Å². The van der Waals surface area contributed by atoms with Gasteiger partial charge in [-0.3, -0.25) is 9.20 Å². The molecule has 7 nitrogen and oxygen atoms in total. The van der Waals surface area contributed by atoms with Gasteiger partial charge < -0.3 is 4.74 Å². The molecule has 0 bridgehead atoms. The fourth-order valence-electron chi connectivity index (χ4n) is 3.20. The maximum absolute atomic E-state index is 13.3. The van der Waals surface area contributed by atoms with Crippen LogP contribution in [-0.2, 0) is 9.84 Å². The van der Waals surface area contributed by atoms with Crippen molar-refractivity contribution in [2.45, 2.75) is 18.7 Å². The van der Waals surface area contributed by atoms with Crippen LogP contribution in [0.3, 0.4) is 0 Å². The minimum Gasteiger partial charge on any atom is -0.438 e. The molecule has 0 amide bonds. The Bertz CT molecular complexity index is 1600. The number of aromatic nitrogens is 2. The van der Waals surface area contributed by atoms with Crippen LogP contribution in [0.4, 0.5) is 0 Å². The van der Waals surface area contributed by atoms with Crippen molar-refractivity contribution >= 4 is 21.6 Å². The van der Waals surface area contributed by atoms with Crippen LogP contribution < -0.4 is 10.3 Å². The van der Waals surface area contributed by atoms with E-state index in [-0.39, 0.29) is 16.3 Å². The van der Waals surface area contributed by atoms with Crippen molar-refractivity contribution in [3.05, 3.63) is 105 Å². The molecule has 0 unspecified atom stereocenters. The van der Waals surface area contributed by atoms with Gasteiger partial charge in [-0.1, -0.05) is 42.0 Å². The summed E-state index contributed by atoms with van der Waals surface area (Å²) in [6.07, 6.45) is 2.54. The van der Waals surface area contributed by atoms with Crippen LogP contribution in [0.5, 0.6) is 11.6 Å². The summed E-state index contributed by atoms with van der Waals surface area (Å²) in [5, 5.41) is 9.70. The molecule has 164 valence electrons. The van der Waals surface area contributed by atoms with Crippen LogP contribution >= 0.6 is 0 Å². The number of hydrogen-bond acceptors (Lipinski definition) is 6. The van der Waals surface area contributed by atoms with Gasteiger partial charge in [-0.2, -0.15) is 10.2 Å². The van der Waals surface area contributed by atoms with Crippen LogP contribution in [0.1, 0.15) is 16.7 Å². The van der Waals surface area contributed by atoms with Crippen LogP contribution in [0.15, 0.2) is 87.5 Å². The van der Waals surface area contributed by atoms with Crippen LogP contribution in [0, 0.1) is 25.2 Å². The zero-order chi connectivity index (χ0) is 23.6. The summed E-state index contributed by atoms with van der Waals surface area (Å²) in [6, 6.07) is 20.0. The molecular weight excluding hydrogens is 438 g/mol. The molecule has 33 heavy (non-hydrogen) atoms. The van der Waals surface area contributed by atoms with E-state index in [0.717, 1.165) is 17.2 Å². The van der Waals surface area contributed by atoms with E-state index in [1.807, 2.05) is 26.0 Å². The second-order valence-corrected chi connectivity index (χ2v) is 9.29. The number of allylic oxidation sites excluding steroid dienone is 1. The summed E-state index contributed by atoms with van der Waals surface area (Å²) in [7, 11) is -4.17. The lowest BCUT2D eigenvalue weighted by Gasteiger charge is -2.12. The lowest BCUT2D eigenvalue weighted by Crippen LogP contribution is -2.19. The molecule has 0 radical (unpaired) electrons. The third-order valence-electron chi connectivity index (χ3n) is 5.04. The molecule has 0 spiro atoms. The van der Waals surface area contributed by atoms with Gasteiger partial charge >= 0.3 is 0 Å². The summed E-state index contributed by atoms with van der Waals surface area (Å²) in [5.74, 6) is 0.367. The van der Waals surface area contributed by atoms with Gasteiger partial charge in [0.2, 0.25) is 15.7 Å². The van der Waals surface area contributed by atoms with E-state index in [0.29, 0.717) is 11.4 Å². The van der Waals surface area contributed by atoms with Gasteiger partial charge in [0.05, 0.1) is 4.90 Å². The predicted octanol–water partition coefficient (Wildman–Crippen LogP) is 4.44. The monoisotopic (exact) mass is 457 g/mol. The summed E-state index contributed by atoms with van der Waals surface area (Å²) in [6.45, 7) is 3.66. The molecule has 2 aromatic carbocycles. The number of nitriles is 1. The Morgan fingerprint density at radius 2 is 1.73 bits per heavy atom. The van der Waals surface area contributed by atoms with E-state index in [1.54, 1.807) is 48.5 Å². The zero-order valence-electron chi connectivity index (χ0n) is 17.9. The standard InChI is InChI=1S/C25H19N3O4S/c1-17-10-12-19(13-11-17)33(30,31)20(16-26)15-21-24(32-22-8-4-3-7-18(22)2)27-23-9-5-6-14-28(23)25(21)29/h3-15H,1-2H3. The van der Waals surface area contributed by atoms with Crippen molar-refractivity contribution in [2.24, 2.45) is 0 Å². The molecule has 0 fully saturated rings. The second kappa shape index (κ2) is 8.73. The molecule has 8 heteroatoms. The summed E-state index contributed by atoms with van der Waals surface area (Å²) in [4.78, 5) is 17.1. The summed E-state index contributed by atoms with van der Waals surface area (Å²) >= 11 is 0. The van der Waals surface area contributed by atoms with Crippen molar-refractivity contribution in [2.75, 3.05) is 0 Å². The molecule has 4 aromatic rings. The van der Waals surface area contributed by atoms with Crippen molar-refractivity contribution in [3.63, 3.8) is 0 Å². The van der Waals surface area contributed by atoms with Crippen LogP contribution in [0.25, 0.3) is 11.7 Å². The maximum atomic E-state index is 13.3. The number of para-hydroxylation sites is 1. The summed E-state index contributed by atoms with van der Waals surface area (Å²) in [5.41, 5.74) is 1.30. The van der Waals surface area contributed by atoms with Gasteiger partial charge in [-0.15, -0.1) is 0 Å². The van der Waals surface area contributed by atoms with E-state index >= 15 is 0 Å². The summed E-state index contributed by atoms with van der Waals surface area (Å²) < 4.78 is 33.4. The lowest BCUT2D eigenvalue weighted by atomic mass is 10.2. The van der Waals surface area contributed by atoms with Crippen molar-refractivity contribution in [1.29, 1.82) is 5.26 Å². The van der Waals surface area contributed by atoms with Crippen molar-refractivity contribution < 1.29 is 13.2 Å². The molecule has 2 heterocycles. The number of sulfone groups is 1. The lowest BCUT2D eigenvalue weighted by molar-refractivity contribution is 0.457. The highest BCUT2D eigenvalue weighted by Crippen LogP contribution is 2.28. The predicted molar refractivity (Wildman–Crippen MR) is 125 cm³/mol. The second-order valence-electron chi connectivity index (χ2n) is 7.37. The van der Waals surface area contributed by atoms with E-state index in [2.05, 4.69) is 4.98 Å². The number of fused-ring (bicyclic) bond motifs is 1. The average molecular weight is 458 g/mol. The Labute approximate surface area is 190 Å². The molecule has 4 rings (SSSR count). The van der Waals surface area contributed by atoms with Gasteiger partial charge in [-0.05, 0) is 55.8 Å². The van der Waals surface area contributed by atoms with E-state index in [4.69, 9.17) is 4.74 Å². The number of nitrogens with zero attached hydrogens (tertiary/aromatic N) is 3. The Kier molecular flexibility index (Phi) is 5.82. The van der Waals surface area contributed by atoms with E-state index in [1.165, 1.54) is 22.7 Å². The Morgan fingerprint density at radius 1 is 1.03 bits per heavy atom. The molecule has 0 saturated heterocycles. The first-order chi connectivity index (χ1) is 15.8. The van der Waals surface area contributed by atoms with Crippen molar-refractivity contribution in [1.82, 2.24) is 9.38 Å². The van der Waals surface area contributed by atoms with Gasteiger partial charge in [0.1, 0.15) is 27.9 Å². The minimum absolute atomic E-state index is 0.0453. The molecule has 0 aliphatic heterocycles. The molecule has 2 aromatic heterocycles. The molecule has 0 atom stereocenters. The minimum atomic E-state index is -4.17. The number of benzene rings is 2. The number of hydrogen-bond donors (Lipinski definition) is 0. The molecular formula is C25H19N3O4S. The van der Waals surface area contributed by atoms with Gasteiger partial charge in [-0.25, -0.2) is 8.42 Å². The fraction of sp³-hybridized carbons (Fsp3) is 0.0800. The van der Waals surface area contributed by atoms with Crippen LogP contribution in [-0.4, -0.2) is 17.8 Å². The molecule has 0 aliphatic carbocycles. The fourth-order valence-corrected chi connectivity index (χ4v) is 4.35. The highest BCUT2D eigenvalue weighted by atomic mass is 32.2. The normalized spacial score (nSPS) is 11.8. The van der Waals surface area contributed by atoms with Gasteiger partial charge in [0, 0.05) is 6.20 Å². The molecule has 0 N–H and O–H groups in total. The third-order valence-corrected chi connectivity index (χ3v) is 6.72. The Morgan fingerprint density at radius 3 is 2.42 bits per heavy atom. The van der Waals surface area contributed by atoms with Crippen LogP contribution in [0.2, 0.25) is 0 Å². The van der Waals surface area contributed by atoms with Gasteiger partial charge in [0.15, 0.2) is 0 Å².